The van der Waals surface area contributed by atoms with Crippen molar-refractivity contribution in [2.45, 2.75) is 44.6 Å². The molecule has 2 aliphatic rings. The van der Waals surface area contributed by atoms with Gasteiger partial charge in [-0.1, -0.05) is 13.3 Å². The molecule has 0 atom stereocenters. The molecular weight excluding hydrogens is 424 g/mol. The van der Waals surface area contributed by atoms with Crippen molar-refractivity contribution >= 4 is 39.2 Å². The van der Waals surface area contributed by atoms with Crippen molar-refractivity contribution < 1.29 is 27.5 Å². The SMILES string of the molecule is CCC1CCC2(CC1)NC(=O)N(CC(=O)Nc1ccc(OC)c(NS(C)(=O)=O)c1)C2=O. The molecule has 0 radical (unpaired) electrons. The van der Waals surface area contributed by atoms with Crippen LogP contribution in [0.4, 0.5) is 16.2 Å². The number of nitrogens with one attached hydrogen (secondary N) is 3. The fourth-order valence-corrected chi connectivity index (χ4v) is 4.71. The molecule has 3 rings (SSSR count). The van der Waals surface area contributed by atoms with Crippen LogP contribution in [0.3, 0.4) is 0 Å². The fraction of sp³-hybridized carbons (Fsp3) is 0.550. The van der Waals surface area contributed by atoms with Gasteiger partial charge < -0.3 is 15.4 Å². The van der Waals surface area contributed by atoms with Crippen LogP contribution < -0.4 is 20.1 Å². The second-order valence-corrected chi connectivity index (χ2v) is 9.84. The van der Waals surface area contributed by atoms with Gasteiger partial charge >= 0.3 is 6.03 Å². The number of imide groups is 1. The van der Waals surface area contributed by atoms with Crippen LogP contribution in [-0.2, 0) is 19.6 Å². The normalized spacial score (nSPS) is 23.6. The minimum absolute atomic E-state index is 0.157. The van der Waals surface area contributed by atoms with Crippen molar-refractivity contribution in [2.24, 2.45) is 5.92 Å². The van der Waals surface area contributed by atoms with Crippen LogP contribution in [-0.4, -0.2) is 56.6 Å². The molecule has 3 N–H and O–H groups in total. The predicted molar refractivity (Wildman–Crippen MR) is 115 cm³/mol. The minimum atomic E-state index is -3.56. The number of rotatable bonds is 7. The highest BCUT2D eigenvalue weighted by Gasteiger charge is 2.52. The zero-order chi connectivity index (χ0) is 22.8. The average molecular weight is 453 g/mol. The Hall–Kier alpha value is -2.82. The first-order chi connectivity index (χ1) is 14.6. The maximum absolute atomic E-state index is 12.9. The first-order valence-corrected chi connectivity index (χ1v) is 12.1. The van der Waals surface area contributed by atoms with E-state index in [4.69, 9.17) is 4.74 Å². The largest absolute Gasteiger partial charge is 0.495 e. The van der Waals surface area contributed by atoms with E-state index in [1.54, 1.807) is 0 Å². The molecule has 1 saturated heterocycles. The summed E-state index contributed by atoms with van der Waals surface area (Å²) >= 11 is 0. The molecule has 1 aliphatic heterocycles. The molecular formula is C20H28N4O6S. The van der Waals surface area contributed by atoms with Crippen LogP contribution in [0.15, 0.2) is 18.2 Å². The summed E-state index contributed by atoms with van der Waals surface area (Å²) in [6.45, 7) is 1.69. The Balaban J connectivity index is 1.68. The Morgan fingerprint density at radius 2 is 1.97 bits per heavy atom. The summed E-state index contributed by atoms with van der Waals surface area (Å²) in [5.74, 6) is -0.103. The maximum atomic E-state index is 12.9. The molecule has 0 bridgehead atoms. The summed E-state index contributed by atoms with van der Waals surface area (Å²) in [6, 6.07) is 3.86. The van der Waals surface area contributed by atoms with E-state index >= 15 is 0 Å². The van der Waals surface area contributed by atoms with Gasteiger partial charge in [-0.3, -0.25) is 19.2 Å². The molecule has 11 heteroatoms. The third-order valence-electron chi connectivity index (χ3n) is 5.86. The summed E-state index contributed by atoms with van der Waals surface area (Å²) in [7, 11) is -2.17. The first-order valence-electron chi connectivity index (χ1n) is 10.2. The molecule has 1 heterocycles. The van der Waals surface area contributed by atoms with Crippen molar-refractivity contribution in [1.29, 1.82) is 0 Å². The third-order valence-corrected chi connectivity index (χ3v) is 6.45. The lowest BCUT2D eigenvalue weighted by molar-refractivity contribution is -0.135. The Kier molecular flexibility index (Phi) is 6.44. The van der Waals surface area contributed by atoms with E-state index in [1.807, 2.05) is 0 Å². The van der Waals surface area contributed by atoms with Crippen LogP contribution >= 0.6 is 0 Å². The van der Waals surface area contributed by atoms with Crippen molar-refractivity contribution in [1.82, 2.24) is 10.2 Å². The smallest absolute Gasteiger partial charge is 0.325 e. The number of nitrogens with zero attached hydrogens (tertiary/aromatic N) is 1. The standard InChI is InChI=1S/C20H28N4O6S/c1-4-13-7-9-20(10-8-13)18(26)24(19(27)22-20)12-17(25)21-14-5-6-16(30-2)15(11-14)23-31(3,28)29/h5-6,11,13,23H,4,7-10,12H2,1-3H3,(H,21,25)(H,22,27). The van der Waals surface area contributed by atoms with Crippen LogP contribution in [0.2, 0.25) is 0 Å². The molecule has 0 aromatic heterocycles. The van der Waals surface area contributed by atoms with Gasteiger partial charge in [-0.15, -0.1) is 0 Å². The number of hydrogen-bond acceptors (Lipinski definition) is 6. The highest BCUT2D eigenvalue weighted by Crippen LogP contribution is 2.37. The number of ether oxygens (including phenoxy) is 1. The molecule has 1 aromatic carbocycles. The molecule has 1 aromatic rings. The van der Waals surface area contributed by atoms with Crippen LogP contribution in [0.5, 0.6) is 5.75 Å². The van der Waals surface area contributed by atoms with Gasteiger partial charge in [0, 0.05) is 5.69 Å². The third kappa shape index (κ3) is 5.09. The molecule has 2 fully saturated rings. The second kappa shape index (κ2) is 8.74. The lowest BCUT2D eigenvalue weighted by Gasteiger charge is -2.34. The number of carbonyl (C=O) groups is 3. The summed E-state index contributed by atoms with van der Waals surface area (Å²) in [4.78, 5) is 38.8. The minimum Gasteiger partial charge on any atom is -0.495 e. The van der Waals surface area contributed by atoms with E-state index in [0.29, 0.717) is 24.4 Å². The van der Waals surface area contributed by atoms with Gasteiger partial charge in [0.05, 0.1) is 19.1 Å². The van der Waals surface area contributed by atoms with Crippen LogP contribution in [0.1, 0.15) is 39.0 Å². The lowest BCUT2D eigenvalue weighted by Crippen LogP contribution is -2.49. The van der Waals surface area contributed by atoms with Gasteiger partial charge in [0.1, 0.15) is 17.8 Å². The van der Waals surface area contributed by atoms with Gasteiger partial charge in [-0.05, 0) is 49.8 Å². The first kappa shape index (κ1) is 22.9. The quantitative estimate of drug-likeness (QED) is 0.541. The summed E-state index contributed by atoms with van der Waals surface area (Å²) in [5.41, 5.74) is -0.456. The maximum Gasteiger partial charge on any atom is 0.325 e. The number of urea groups is 1. The second-order valence-electron chi connectivity index (χ2n) is 8.09. The zero-order valence-electron chi connectivity index (χ0n) is 17.9. The Morgan fingerprint density at radius 3 is 2.55 bits per heavy atom. The van der Waals surface area contributed by atoms with Gasteiger partial charge in [-0.25, -0.2) is 13.2 Å². The predicted octanol–water partition coefficient (Wildman–Crippen LogP) is 1.90. The molecule has 1 saturated carbocycles. The van der Waals surface area contributed by atoms with E-state index in [1.165, 1.54) is 25.3 Å². The summed E-state index contributed by atoms with van der Waals surface area (Å²) < 4.78 is 30.5. The lowest BCUT2D eigenvalue weighted by atomic mass is 9.75. The fourth-order valence-electron chi connectivity index (χ4n) is 4.15. The van der Waals surface area contributed by atoms with E-state index in [9.17, 15) is 22.8 Å². The monoisotopic (exact) mass is 452 g/mol. The highest BCUT2D eigenvalue weighted by atomic mass is 32.2. The van der Waals surface area contributed by atoms with Crippen molar-refractivity contribution in [3.8, 4) is 5.75 Å². The summed E-state index contributed by atoms with van der Waals surface area (Å²) in [6.07, 6.45) is 4.93. The average Bonchev–Trinajstić information content (AvgIpc) is 2.92. The highest BCUT2D eigenvalue weighted by molar-refractivity contribution is 7.92. The van der Waals surface area contributed by atoms with Gasteiger partial charge in [0.25, 0.3) is 5.91 Å². The number of benzene rings is 1. The Morgan fingerprint density at radius 1 is 1.29 bits per heavy atom. The van der Waals surface area contributed by atoms with Gasteiger partial charge in [-0.2, -0.15) is 0 Å². The Bertz CT molecular complexity index is 985. The van der Waals surface area contributed by atoms with Crippen molar-refractivity contribution in [3.63, 3.8) is 0 Å². The molecule has 1 spiro atoms. The molecule has 10 nitrogen and oxygen atoms in total. The molecule has 0 unspecified atom stereocenters. The molecule has 170 valence electrons. The number of amides is 4. The van der Waals surface area contributed by atoms with E-state index < -0.39 is 34.0 Å². The zero-order valence-corrected chi connectivity index (χ0v) is 18.7. The summed E-state index contributed by atoms with van der Waals surface area (Å²) in [5, 5.41) is 5.39. The van der Waals surface area contributed by atoms with E-state index in [2.05, 4.69) is 22.3 Å². The number of hydrogen-bond donors (Lipinski definition) is 3. The number of anilines is 2. The molecule has 31 heavy (non-hydrogen) atoms. The van der Waals surface area contributed by atoms with Crippen LogP contribution in [0, 0.1) is 5.92 Å². The van der Waals surface area contributed by atoms with Gasteiger partial charge in [0.2, 0.25) is 15.9 Å². The van der Waals surface area contributed by atoms with Crippen molar-refractivity contribution in [3.05, 3.63) is 18.2 Å². The van der Waals surface area contributed by atoms with E-state index in [0.717, 1.165) is 30.4 Å². The topological polar surface area (TPSA) is 134 Å². The van der Waals surface area contributed by atoms with Crippen LogP contribution in [0.25, 0.3) is 0 Å². The van der Waals surface area contributed by atoms with E-state index in [-0.39, 0.29) is 17.3 Å². The molecule has 4 amide bonds. The Labute approximate surface area is 181 Å². The van der Waals surface area contributed by atoms with Gasteiger partial charge in [0.15, 0.2) is 0 Å². The number of methoxy groups -OCH3 is 1. The number of carbonyl (C=O) groups excluding carboxylic acids is 3. The molecule has 1 aliphatic carbocycles. The van der Waals surface area contributed by atoms with Crippen molar-refractivity contribution in [2.75, 3.05) is 29.9 Å². The number of sulfonamides is 1.